The summed E-state index contributed by atoms with van der Waals surface area (Å²) in [7, 11) is 1.66. The summed E-state index contributed by atoms with van der Waals surface area (Å²) >= 11 is 1.60. The summed E-state index contributed by atoms with van der Waals surface area (Å²) in [6.07, 6.45) is 3.99. The highest BCUT2D eigenvalue weighted by Gasteiger charge is 2.34. The van der Waals surface area contributed by atoms with Crippen LogP contribution in [0.15, 0.2) is 93.8 Å². The number of Topliss-reactive ketones (excluding diaryl/α,β-unsaturated/α-hetero) is 1. The first-order valence-electron chi connectivity index (χ1n) is 16.7. The summed E-state index contributed by atoms with van der Waals surface area (Å²) in [4.78, 5) is 53.5. The van der Waals surface area contributed by atoms with E-state index in [0.717, 1.165) is 37.4 Å². The zero-order chi connectivity index (χ0) is 34.8. The molecule has 0 spiro atoms. The fraction of sp³-hybridized carbons (Fsp3) is 0.351. The molecule has 9 N–H and O–H groups in total. The van der Waals surface area contributed by atoms with Crippen molar-refractivity contribution >= 4 is 46.2 Å². The van der Waals surface area contributed by atoms with Gasteiger partial charge in [-0.3, -0.25) is 19.4 Å². The Morgan fingerprint density at radius 2 is 1.59 bits per heavy atom. The maximum absolute atomic E-state index is 14.4. The highest BCUT2D eigenvalue weighted by Crippen LogP contribution is 2.33. The Morgan fingerprint density at radius 3 is 2.31 bits per heavy atom. The molecule has 0 bridgehead atoms. The largest absolute Gasteiger partial charge is 0.370 e. The number of hydrogen-bond donors (Lipinski definition) is 6. The molecule has 0 fully saturated rings. The molecule has 2 amide bonds. The second kappa shape index (κ2) is 17.1. The zero-order valence-corrected chi connectivity index (χ0v) is 28.7. The van der Waals surface area contributed by atoms with Crippen LogP contribution in [0.4, 0.5) is 0 Å². The Morgan fingerprint density at radius 1 is 0.918 bits per heavy atom. The van der Waals surface area contributed by atoms with Gasteiger partial charge in [0.15, 0.2) is 11.7 Å². The Hall–Kier alpha value is -4.65. The molecule has 258 valence electrons. The van der Waals surface area contributed by atoms with Gasteiger partial charge in [-0.2, -0.15) is 0 Å². The number of ketones is 1. The van der Waals surface area contributed by atoms with Gasteiger partial charge in [0, 0.05) is 65.8 Å². The van der Waals surface area contributed by atoms with E-state index >= 15 is 0 Å². The van der Waals surface area contributed by atoms with Crippen molar-refractivity contribution in [3.05, 3.63) is 95.7 Å². The predicted molar refractivity (Wildman–Crippen MR) is 195 cm³/mol. The summed E-state index contributed by atoms with van der Waals surface area (Å²) in [6.45, 7) is 1.18. The lowest BCUT2D eigenvalue weighted by molar-refractivity contribution is -0.143. The molecule has 5 rings (SSSR count). The highest BCUT2D eigenvalue weighted by atomic mass is 32.2. The summed E-state index contributed by atoms with van der Waals surface area (Å²) < 4.78 is 0. The summed E-state index contributed by atoms with van der Waals surface area (Å²) in [5.74, 6) is -1.50. The number of benzene rings is 3. The number of nitrogens with two attached hydrogens (primary N) is 3. The number of likely N-dealkylation sites (N-methyl/N-ethyl adjacent to an activating group) is 1. The number of hydrogen-bond acceptors (Lipinski definition) is 7. The summed E-state index contributed by atoms with van der Waals surface area (Å²) in [5.41, 5.74) is 21.0. The van der Waals surface area contributed by atoms with Crippen molar-refractivity contribution in [3.8, 4) is 0 Å². The number of amides is 2. The van der Waals surface area contributed by atoms with Crippen LogP contribution < -0.4 is 27.8 Å². The van der Waals surface area contributed by atoms with Crippen molar-refractivity contribution in [2.24, 2.45) is 28.1 Å². The lowest BCUT2D eigenvalue weighted by atomic mass is 9.91. The predicted octanol–water partition coefficient (Wildman–Crippen LogP) is 3.45. The standard InChI is InChI=1S/C37H46N8O3S/c1-45-31(18-27-22-41-29-14-5-4-13-28(27)29)35(47)43-21-26-12-3-7-16-34(26)49-33-15-6-2-11-25(33)20-42-30(23-44-37(39)40)32(46)19-24(36(45)48)10-8-9-17-38/h2-7,11-16,22,24,30-31,41-42H,8-10,17-21,23,38H2,1H3,(H,43,47)(H4,39,40,44)/t24-,30+,31+/m1/s1. The summed E-state index contributed by atoms with van der Waals surface area (Å²) in [5, 5.41) is 7.51. The van der Waals surface area contributed by atoms with Crippen LogP contribution in [0.1, 0.15) is 42.4 Å². The molecule has 11 nitrogen and oxygen atoms in total. The van der Waals surface area contributed by atoms with Crippen LogP contribution in [0.2, 0.25) is 0 Å². The molecule has 3 atom stereocenters. The van der Waals surface area contributed by atoms with Crippen molar-refractivity contribution in [1.29, 1.82) is 0 Å². The van der Waals surface area contributed by atoms with Crippen LogP contribution in [0.5, 0.6) is 0 Å². The Balaban J connectivity index is 1.55. The first-order valence-corrected chi connectivity index (χ1v) is 17.5. The third kappa shape index (κ3) is 9.28. The Labute approximate surface area is 291 Å². The molecule has 3 aromatic carbocycles. The number of aromatic amines is 1. The lowest BCUT2D eigenvalue weighted by Crippen LogP contribution is -2.51. The third-order valence-corrected chi connectivity index (χ3v) is 10.2. The zero-order valence-electron chi connectivity index (χ0n) is 27.9. The van der Waals surface area contributed by atoms with E-state index < -0.39 is 18.0 Å². The van der Waals surface area contributed by atoms with E-state index in [1.54, 1.807) is 18.8 Å². The maximum atomic E-state index is 14.4. The maximum Gasteiger partial charge on any atom is 0.243 e. The second-order valence-corrected chi connectivity index (χ2v) is 13.5. The number of guanidine groups is 1. The van der Waals surface area contributed by atoms with Crippen LogP contribution in [0.25, 0.3) is 10.9 Å². The minimum absolute atomic E-state index is 0.0322. The van der Waals surface area contributed by atoms with Crippen LogP contribution in [-0.4, -0.2) is 65.7 Å². The SMILES string of the molecule is CN1C(=O)[C@H](CCCCN)CC(=O)[C@H](CN=C(N)N)NCc2ccccc2Sc2ccccc2CNC(=O)[C@@H]1Cc1c[nH]c2ccccc12. The van der Waals surface area contributed by atoms with Crippen LogP contribution in [-0.2, 0) is 33.9 Å². The average molecular weight is 683 g/mol. The molecular weight excluding hydrogens is 637 g/mol. The van der Waals surface area contributed by atoms with Gasteiger partial charge in [-0.1, -0.05) is 72.8 Å². The average Bonchev–Trinajstić information content (AvgIpc) is 3.52. The molecule has 0 aliphatic carbocycles. The smallest absolute Gasteiger partial charge is 0.243 e. The number of nitrogens with one attached hydrogen (secondary N) is 3. The van der Waals surface area contributed by atoms with E-state index in [4.69, 9.17) is 17.2 Å². The molecular formula is C37H46N8O3S. The summed E-state index contributed by atoms with van der Waals surface area (Å²) in [6, 6.07) is 22.3. The van der Waals surface area contributed by atoms with Crippen molar-refractivity contribution < 1.29 is 14.4 Å². The van der Waals surface area contributed by atoms with Gasteiger partial charge in [0.05, 0.1) is 12.6 Å². The Bertz CT molecular complexity index is 1790. The first kappa shape index (κ1) is 35.7. The fourth-order valence-electron chi connectivity index (χ4n) is 6.22. The minimum atomic E-state index is -0.828. The van der Waals surface area contributed by atoms with Gasteiger partial charge in [-0.05, 0) is 54.3 Å². The number of nitrogens with zero attached hydrogens (tertiary/aromatic N) is 2. The second-order valence-electron chi connectivity index (χ2n) is 12.4. The number of H-pyrrole nitrogens is 1. The minimum Gasteiger partial charge on any atom is -0.370 e. The third-order valence-electron chi connectivity index (χ3n) is 9.01. The number of aromatic nitrogens is 1. The van der Waals surface area contributed by atoms with Gasteiger partial charge in [0.2, 0.25) is 11.8 Å². The molecule has 1 aromatic heterocycles. The molecule has 0 saturated heterocycles. The highest BCUT2D eigenvalue weighted by molar-refractivity contribution is 7.99. The van der Waals surface area contributed by atoms with Gasteiger partial charge in [-0.25, -0.2) is 0 Å². The first-order chi connectivity index (χ1) is 23.7. The number of carbonyl (C=O) groups excluding carboxylic acids is 3. The molecule has 1 aliphatic heterocycles. The van der Waals surface area contributed by atoms with E-state index in [9.17, 15) is 14.4 Å². The van der Waals surface area contributed by atoms with Gasteiger partial charge < -0.3 is 37.7 Å². The quantitative estimate of drug-likeness (QED) is 0.0927. The topological polar surface area (TPSA) is 185 Å². The molecule has 1 aliphatic rings. The van der Waals surface area contributed by atoms with E-state index in [2.05, 4.69) is 20.6 Å². The van der Waals surface area contributed by atoms with Crippen molar-refractivity contribution in [3.63, 3.8) is 0 Å². The van der Waals surface area contributed by atoms with Gasteiger partial charge in [-0.15, -0.1) is 0 Å². The fourth-order valence-corrected chi connectivity index (χ4v) is 7.29. The van der Waals surface area contributed by atoms with E-state index in [1.165, 1.54) is 4.90 Å². The normalized spacial score (nSPS) is 19.5. The molecule has 0 radical (unpaired) electrons. The van der Waals surface area contributed by atoms with Crippen LogP contribution >= 0.6 is 11.8 Å². The number of unbranched alkanes of at least 4 members (excludes halogenated alkanes) is 1. The van der Waals surface area contributed by atoms with E-state index in [0.29, 0.717) is 38.8 Å². The van der Waals surface area contributed by atoms with Crippen LogP contribution in [0, 0.1) is 5.92 Å². The van der Waals surface area contributed by atoms with Crippen molar-refractivity contribution in [2.45, 2.75) is 67.1 Å². The van der Waals surface area contributed by atoms with Gasteiger partial charge in [0.1, 0.15) is 6.04 Å². The monoisotopic (exact) mass is 682 g/mol. The van der Waals surface area contributed by atoms with Crippen molar-refractivity contribution in [1.82, 2.24) is 20.5 Å². The lowest BCUT2D eigenvalue weighted by Gasteiger charge is -2.31. The number of aliphatic imine (C=N–C) groups is 1. The van der Waals surface area contributed by atoms with Crippen LogP contribution in [0.3, 0.4) is 0 Å². The Kier molecular flexibility index (Phi) is 12.5. The number of para-hydroxylation sites is 1. The molecule has 0 saturated carbocycles. The molecule has 0 unspecified atom stereocenters. The molecule has 2 heterocycles. The molecule has 4 aromatic rings. The molecule has 12 heteroatoms. The number of rotatable bonds is 8. The van der Waals surface area contributed by atoms with Gasteiger partial charge >= 0.3 is 0 Å². The van der Waals surface area contributed by atoms with Gasteiger partial charge in [0.25, 0.3) is 0 Å². The van der Waals surface area contributed by atoms with Crippen molar-refractivity contribution in [2.75, 3.05) is 20.1 Å². The van der Waals surface area contributed by atoms with E-state index in [1.807, 2.05) is 79.0 Å². The number of carbonyl (C=O) groups is 3. The van der Waals surface area contributed by atoms with E-state index in [-0.39, 0.29) is 43.1 Å². The molecule has 49 heavy (non-hydrogen) atoms. The number of fused-ring (bicyclic) bond motifs is 3.